The molecule has 0 unspecified atom stereocenters. The summed E-state index contributed by atoms with van der Waals surface area (Å²) < 4.78 is 4.73. The number of phenols is 1. The fourth-order valence-electron chi connectivity index (χ4n) is 2.00. The number of methoxy groups -OCH3 is 1. The minimum absolute atomic E-state index is 0. The van der Waals surface area contributed by atoms with Crippen LogP contribution in [-0.2, 0) is 16.0 Å². The average Bonchev–Trinajstić information content (AvgIpc) is 2.77. The third-order valence-corrected chi connectivity index (χ3v) is 3.01. The Bertz CT molecular complexity index is 568. The smallest absolute Gasteiger partial charge is 0.323 e. The van der Waals surface area contributed by atoms with Gasteiger partial charge in [-0.05, 0) is 30.8 Å². The number of carbonyl (C=O) groups is 1. The first-order chi connectivity index (χ1) is 8.65. The fraction of sp³-hybridized carbons (Fsp3) is 0.308. The van der Waals surface area contributed by atoms with Crippen LogP contribution < -0.4 is 5.32 Å². The number of fused-ring (bicyclic) bond motifs is 1. The number of rotatable bonds is 4. The summed E-state index contributed by atoms with van der Waals surface area (Å²) in [7, 11) is 3.08. The van der Waals surface area contributed by atoms with Crippen LogP contribution in [0.25, 0.3) is 10.9 Å². The molecule has 1 aromatic heterocycles. The summed E-state index contributed by atoms with van der Waals surface area (Å²) in [6, 6.07) is 4.72. The number of aromatic hydroxyl groups is 1. The third-order valence-electron chi connectivity index (χ3n) is 3.01. The molecule has 3 N–H and O–H groups in total. The van der Waals surface area contributed by atoms with E-state index in [1.165, 1.54) is 7.11 Å². The van der Waals surface area contributed by atoms with Gasteiger partial charge in [0.15, 0.2) is 0 Å². The average molecular weight is 285 g/mol. The number of ether oxygens (including phenoxy) is 1. The molecule has 0 aliphatic carbocycles. The van der Waals surface area contributed by atoms with Gasteiger partial charge < -0.3 is 20.1 Å². The predicted molar refractivity (Wildman–Crippen MR) is 75.8 cm³/mol. The number of nitrogens with one attached hydrogen (secondary N) is 2. The summed E-state index contributed by atoms with van der Waals surface area (Å²) in [6.07, 6.45) is 2.35. The SMILES string of the molecule is CN[C@@H](Cc1c[nH]c2ccc(O)cc12)C(=O)OC.Cl. The van der Waals surface area contributed by atoms with E-state index in [-0.39, 0.29) is 24.1 Å². The van der Waals surface area contributed by atoms with Crippen LogP contribution in [0.5, 0.6) is 5.75 Å². The highest BCUT2D eigenvalue weighted by atomic mass is 35.5. The molecule has 1 atom stereocenters. The normalized spacial score (nSPS) is 11.9. The largest absolute Gasteiger partial charge is 0.508 e. The zero-order chi connectivity index (χ0) is 13.1. The van der Waals surface area contributed by atoms with E-state index in [2.05, 4.69) is 10.3 Å². The Morgan fingerprint density at radius 2 is 2.26 bits per heavy atom. The number of esters is 1. The van der Waals surface area contributed by atoms with Gasteiger partial charge in [0, 0.05) is 23.5 Å². The number of likely N-dealkylation sites (N-methyl/N-ethyl adjacent to an activating group) is 1. The monoisotopic (exact) mass is 284 g/mol. The molecule has 0 spiro atoms. The van der Waals surface area contributed by atoms with E-state index in [4.69, 9.17) is 4.74 Å². The zero-order valence-electron chi connectivity index (χ0n) is 10.8. The van der Waals surface area contributed by atoms with Crippen molar-refractivity contribution in [2.24, 2.45) is 0 Å². The molecular weight excluding hydrogens is 268 g/mol. The van der Waals surface area contributed by atoms with Gasteiger partial charge in [-0.1, -0.05) is 0 Å². The Labute approximate surface area is 117 Å². The van der Waals surface area contributed by atoms with Crippen LogP contribution in [0.1, 0.15) is 5.56 Å². The third kappa shape index (κ3) is 3.19. The number of hydrogen-bond acceptors (Lipinski definition) is 4. The maximum Gasteiger partial charge on any atom is 0.323 e. The van der Waals surface area contributed by atoms with Crippen molar-refractivity contribution >= 4 is 29.3 Å². The lowest BCUT2D eigenvalue weighted by molar-refractivity contribution is -0.142. The minimum atomic E-state index is -0.392. The van der Waals surface area contributed by atoms with Crippen molar-refractivity contribution in [1.29, 1.82) is 0 Å². The summed E-state index contributed by atoms with van der Waals surface area (Å²) in [5.41, 5.74) is 1.90. The molecule has 0 amide bonds. The number of aromatic nitrogens is 1. The molecule has 6 heteroatoms. The summed E-state index contributed by atoms with van der Waals surface area (Å²) in [5, 5.41) is 13.3. The van der Waals surface area contributed by atoms with E-state index >= 15 is 0 Å². The number of phenolic OH excluding ortho intramolecular Hbond substituents is 1. The van der Waals surface area contributed by atoms with Crippen molar-refractivity contribution in [3.63, 3.8) is 0 Å². The van der Waals surface area contributed by atoms with Crippen LogP contribution in [0.3, 0.4) is 0 Å². The molecule has 104 valence electrons. The number of H-pyrrole nitrogens is 1. The molecule has 0 aliphatic heterocycles. The second kappa shape index (κ2) is 6.45. The molecule has 0 saturated heterocycles. The van der Waals surface area contributed by atoms with Gasteiger partial charge in [-0.3, -0.25) is 4.79 Å². The lowest BCUT2D eigenvalue weighted by atomic mass is 10.1. The second-order valence-electron chi connectivity index (χ2n) is 4.11. The number of benzene rings is 1. The second-order valence-corrected chi connectivity index (χ2v) is 4.11. The maximum absolute atomic E-state index is 11.5. The number of halogens is 1. The van der Waals surface area contributed by atoms with Crippen molar-refractivity contribution in [2.45, 2.75) is 12.5 Å². The molecular formula is C13H17ClN2O3. The van der Waals surface area contributed by atoms with Gasteiger partial charge in [0.1, 0.15) is 11.8 Å². The first-order valence-electron chi connectivity index (χ1n) is 5.69. The Hall–Kier alpha value is -1.72. The molecule has 0 aliphatic rings. The Morgan fingerprint density at radius 3 is 2.89 bits per heavy atom. The fourth-order valence-corrected chi connectivity index (χ4v) is 2.00. The number of carbonyl (C=O) groups excluding carboxylic acids is 1. The molecule has 5 nitrogen and oxygen atoms in total. The molecule has 2 rings (SSSR count). The molecule has 19 heavy (non-hydrogen) atoms. The van der Waals surface area contributed by atoms with E-state index in [9.17, 15) is 9.90 Å². The molecule has 1 aromatic carbocycles. The van der Waals surface area contributed by atoms with Crippen LogP contribution in [0.4, 0.5) is 0 Å². The summed E-state index contributed by atoms with van der Waals surface area (Å²) in [4.78, 5) is 14.6. The van der Waals surface area contributed by atoms with E-state index in [1.807, 2.05) is 6.20 Å². The lowest BCUT2D eigenvalue weighted by Crippen LogP contribution is -2.36. The zero-order valence-corrected chi connectivity index (χ0v) is 11.6. The molecule has 0 saturated carbocycles. The van der Waals surface area contributed by atoms with Gasteiger partial charge in [0.05, 0.1) is 7.11 Å². The molecule has 0 bridgehead atoms. The van der Waals surface area contributed by atoms with Gasteiger partial charge >= 0.3 is 5.97 Å². The van der Waals surface area contributed by atoms with E-state index < -0.39 is 6.04 Å². The van der Waals surface area contributed by atoms with E-state index in [0.717, 1.165) is 16.5 Å². The molecule has 2 aromatic rings. The van der Waals surface area contributed by atoms with E-state index in [1.54, 1.807) is 25.2 Å². The highest BCUT2D eigenvalue weighted by Gasteiger charge is 2.19. The van der Waals surface area contributed by atoms with Gasteiger partial charge in [0.25, 0.3) is 0 Å². The van der Waals surface area contributed by atoms with E-state index in [0.29, 0.717) is 6.42 Å². The predicted octanol–water partition coefficient (Wildman–Crippen LogP) is 1.60. The van der Waals surface area contributed by atoms with Crippen molar-refractivity contribution < 1.29 is 14.6 Å². The van der Waals surface area contributed by atoms with Gasteiger partial charge in [0.2, 0.25) is 0 Å². The van der Waals surface area contributed by atoms with Crippen LogP contribution in [0.15, 0.2) is 24.4 Å². The topological polar surface area (TPSA) is 74.4 Å². The van der Waals surface area contributed by atoms with Crippen LogP contribution >= 0.6 is 12.4 Å². The van der Waals surface area contributed by atoms with Crippen LogP contribution in [0.2, 0.25) is 0 Å². The number of hydrogen-bond donors (Lipinski definition) is 3. The van der Waals surface area contributed by atoms with Crippen molar-refractivity contribution in [1.82, 2.24) is 10.3 Å². The molecule has 0 fully saturated rings. The summed E-state index contributed by atoms with van der Waals surface area (Å²) >= 11 is 0. The van der Waals surface area contributed by atoms with Crippen molar-refractivity contribution in [3.8, 4) is 5.75 Å². The Balaban J connectivity index is 0.00000180. The Kier molecular flexibility index (Phi) is 5.20. The number of aromatic amines is 1. The van der Waals surface area contributed by atoms with Gasteiger partial charge in [-0.2, -0.15) is 0 Å². The van der Waals surface area contributed by atoms with Crippen LogP contribution in [0, 0.1) is 0 Å². The minimum Gasteiger partial charge on any atom is -0.508 e. The van der Waals surface area contributed by atoms with Crippen molar-refractivity contribution in [2.75, 3.05) is 14.2 Å². The summed E-state index contributed by atoms with van der Waals surface area (Å²) in [5.74, 6) is -0.0885. The van der Waals surface area contributed by atoms with Gasteiger partial charge in [-0.15, -0.1) is 12.4 Å². The lowest BCUT2D eigenvalue weighted by Gasteiger charge is -2.12. The molecule has 0 radical (unpaired) electrons. The molecule has 1 heterocycles. The first-order valence-corrected chi connectivity index (χ1v) is 5.69. The quantitative estimate of drug-likeness (QED) is 0.746. The highest BCUT2D eigenvalue weighted by Crippen LogP contribution is 2.23. The standard InChI is InChI=1S/C13H16N2O3.ClH/c1-14-12(13(17)18-2)5-8-7-15-11-4-3-9(16)6-10(8)11;/h3-4,6-7,12,14-16H,5H2,1-2H3;1H/t12-;/m0./s1. The summed E-state index contributed by atoms with van der Waals surface area (Å²) in [6.45, 7) is 0. The van der Waals surface area contributed by atoms with Crippen molar-refractivity contribution in [3.05, 3.63) is 30.0 Å². The van der Waals surface area contributed by atoms with Crippen LogP contribution in [-0.4, -0.2) is 36.3 Å². The highest BCUT2D eigenvalue weighted by molar-refractivity contribution is 5.86. The Morgan fingerprint density at radius 1 is 1.53 bits per heavy atom. The first kappa shape index (κ1) is 15.3. The van der Waals surface area contributed by atoms with Gasteiger partial charge in [-0.25, -0.2) is 0 Å². The maximum atomic E-state index is 11.5.